The number of ether oxygens (including phenoxy) is 1. The predicted molar refractivity (Wildman–Crippen MR) is 73.4 cm³/mol. The Bertz CT molecular complexity index is 628. The average Bonchev–Trinajstić information content (AvgIpc) is 2.45. The van der Waals surface area contributed by atoms with Gasteiger partial charge in [0.1, 0.15) is 12.4 Å². The molecule has 104 valence electrons. The van der Waals surface area contributed by atoms with Gasteiger partial charge >= 0.3 is 5.69 Å². The number of hydrogen-bond donors (Lipinski definition) is 2. The smallest absolute Gasteiger partial charge is 0.311 e. The molecule has 6 nitrogen and oxygen atoms in total. The van der Waals surface area contributed by atoms with Gasteiger partial charge in [0, 0.05) is 12.6 Å². The van der Waals surface area contributed by atoms with Crippen LogP contribution in [-0.2, 0) is 13.2 Å². The van der Waals surface area contributed by atoms with Crippen LogP contribution in [0.2, 0.25) is 0 Å². The largest absolute Gasteiger partial charge is 0.508 e. The van der Waals surface area contributed by atoms with Crippen molar-refractivity contribution in [1.82, 2.24) is 0 Å². The Morgan fingerprint density at radius 3 is 2.65 bits per heavy atom. The van der Waals surface area contributed by atoms with Gasteiger partial charge in [-0.1, -0.05) is 18.2 Å². The lowest BCUT2D eigenvalue weighted by atomic mass is 10.2. The fourth-order valence-corrected chi connectivity index (χ4v) is 1.76. The van der Waals surface area contributed by atoms with Gasteiger partial charge in [-0.25, -0.2) is 0 Å². The Labute approximate surface area is 115 Å². The van der Waals surface area contributed by atoms with Crippen LogP contribution in [-0.4, -0.2) is 10.0 Å². The quantitative estimate of drug-likeness (QED) is 0.644. The van der Waals surface area contributed by atoms with Crippen LogP contribution < -0.4 is 10.5 Å². The zero-order valence-corrected chi connectivity index (χ0v) is 10.7. The van der Waals surface area contributed by atoms with Crippen LogP contribution in [0.1, 0.15) is 11.1 Å². The van der Waals surface area contributed by atoms with E-state index >= 15 is 0 Å². The summed E-state index contributed by atoms with van der Waals surface area (Å²) < 4.78 is 5.45. The lowest BCUT2D eigenvalue weighted by molar-refractivity contribution is -0.386. The van der Waals surface area contributed by atoms with E-state index in [1.807, 2.05) is 0 Å². The maximum absolute atomic E-state index is 11.0. The number of hydrogen-bond acceptors (Lipinski definition) is 5. The van der Waals surface area contributed by atoms with Crippen molar-refractivity contribution in [3.63, 3.8) is 0 Å². The Balaban J connectivity index is 2.18. The molecular weight excluding hydrogens is 260 g/mol. The standard InChI is InChI=1S/C14H14N2O4/c15-8-10-4-5-14(13(7-10)16(18)19)20-9-11-2-1-3-12(17)6-11/h1-7,17H,8-9,15H2. The number of phenols is 1. The summed E-state index contributed by atoms with van der Waals surface area (Å²) in [6.45, 7) is 0.366. The van der Waals surface area contributed by atoms with Crippen LogP contribution in [0.15, 0.2) is 42.5 Å². The first kappa shape index (κ1) is 13.8. The van der Waals surface area contributed by atoms with Crippen LogP contribution in [0.3, 0.4) is 0 Å². The van der Waals surface area contributed by atoms with Gasteiger partial charge in [0.05, 0.1) is 4.92 Å². The van der Waals surface area contributed by atoms with Crippen molar-refractivity contribution < 1.29 is 14.8 Å². The zero-order valence-electron chi connectivity index (χ0n) is 10.7. The van der Waals surface area contributed by atoms with E-state index in [2.05, 4.69) is 0 Å². The molecule has 0 heterocycles. The van der Waals surface area contributed by atoms with Gasteiger partial charge in [-0.05, 0) is 29.3 Å². The molecule has 0 saturated carbocycles. The SMILES string of the molecule is NCc1ccc(OCc2cccc(O)c2)c([N+](=O)[O-])c1. The highest BCUT2D eigenvalue weighted by Gasteiger charge is 2.15. The first-order chi connectivity index (χ1) is 9.60. The third-order valence-corrected chi connectivity index (χ3v) is 2.76. The maximum atomic E-state index is 11.0. The molecule has 2 aromatic carbocycles. The molecule has 2 aromatic rings. The summed E-state index contributed by atoms with van der Waals surface area (Å²) in [5, 5.41) is 20.3. The Morgan fingerprint density at radius 2 is 2.00 bits per heavy atom. The molecule has 20 heavy (non-hydrogen) atoms. The molecule has 0 unspecified atom stereocenters. The number of phenolic OH excluding ortho intramolecular Hbond substituents is 1. The second-order valence-electron chi connectivity index (χ2n) is 4.22. The molecule has 3 N–H and O–H groups in total. The fraction of sp³-hybridized carbons (Fsp3) is 0.143. The summed E-state index contributed by atoms with van der Waals surface area (Å²) in [6.07, 6.45) is 0. The minimum absolute atomic E-state index is 0.117. The summed E-state index contributed by atoms with van der Waals surface area (Å²) in [4.78, 5) is 10.5. The molecule has 0 amide bonds. The lowest BCUT2D eigenvalue weighted by Gasteiger charge is -2.08. The van der Waals surface area contributed by atoms with Gasteiger partial charge in [0.25, 0.3) is 0 Å². The maximum Gasteiger partial charge on any atom is 0.311 e. The summed E-state index contributed by atoms with van der Waals surface area (Å²) in [6, 6.07) is 11.1. The number of nitro groups is 1. The molecule has 0 aliphatic carbocycles. The van der Waals surface area contributed by atoms with Crippen LogP contribution >= 0.6 is 0 Å². The summed E-state index contributed by atoms with van der Waals surface area (Å²) in [5.41, 5.74) is 6.73. The Morgan fingerprint density at radius 1 is 1.20 bits per heavy atom. The highest BCUT2D eigenvalue weighted by Crippen LogP contribution is 2.28. The molecule has 6 heteroatoms. The van der Waals surface area contributed by atoms with E-state index in [9.17, 15) is 15.2 Å². The highest BCUT2D eigenvalue weighted by molar-refractivity contribution is 5.48. The number of aromatic hydroxyl groups is 1. The third kappa shape index (κ3) is 3.24. The Hall–Kier alpha value is -2.60. The second kappa shape index (κ2) is 6.03. The van der Waals surface area contributed by atoms with Crippen molar-refractivity contribution in [2.24, 2.45) is 5.73 Å². The molecule has 0 spiro atoms. The van der Waals surface area contributed by atoms with Gasteiger partial charge in [0.2, 0.25) is 0 Å². The normalized spacial score (nSPS) is 10.2. The van der Waals surface area contributed by atoms with Crippen LogP contribution in [0.25, 0.3) is 0 Å². The Kier molecular flexibility index (Phi) is 4.17. The topological polar surface area (TPSA) is 98.6 Å². The van der Waals surface area contributed by atoms with Crippen LogP contribution in [0.5, 0.6) is 11.5 Å². The molecule has 0 aliphatic heterocycles. The van der Waals surface area contributed by atoms with Gasteiger partial charge < -0.3 is 15.6 Å². The first-order valence-electron chi connectivity index (χ1n) is 5.98. The molecule has 0 atom stereocenters. The van der Waals surface area contributed by atoms with E-state index in [1.54, 1.807) is 30.3 Å². The van der Waals surface area contributed by atoms with Gasteiger partial charge in [-0.2, -0.15) is 0 Å². The third-order valence-electron chi connectivity index (χ3n) is 2.76. The van der Waals surface area contributed by atoms with E-state index in [0.717, 1.165) is 5.56 Å². The van der Waals surface area contributed by atoms with E-state index in [-0.39, 0.29) is 30.3 Å². The van der Waals surface area contributed by atoms with Crippen molar-refractivity contribution >= 4 is 5.69 Å². The number of nitro benzene ring substituents is 1. The van der Waals surface area contributed by atoms with Crippen LogP contribution in [0.4, 0.5) is 5.69 Å². The number of nitrogens with zero attached hydrogens (tertiary/aromatic N) is 1. The van der Waals surface area contributed by atoms with E-state index < -0.39 is 4.92 Å². The zero-order chi connectivity index (χ0) is 14.5. The first-order valence-corrected chi connectivity index (χ1v) is 5.98. The molecule has 0 aliphatic rings. The molecule has 0 fully saturated rings. The van der Waals surface area contributed by atoms with Crippen molar-refractivity contribution in [3.05, 3.63) is 63.7 Å². The molecule has 0 aromatic heterocycles. The predicted octanol–water partition coefficient (Wildman–Crippen LogP) is 2.34. The summed E-state index contributed by atoms with van der Waals surface area (Å²) >= 11 is 0. The van der Waals surface area contributed by atoms with Gasteiger partial charge in [-0.3, -0.25) is 10.1 Å². The van der Waals surface area contributed by atoms with E-state index in [4.69, 9.17) is 10.5 Å². The molecule has 0 radical (unpaired) electrons. The molecule has 2 rings (SSSR count). The van der Waals surface area contributed by atoms with Crippen molar-refractivity contribution in [1.29, 1.82) is 0 Å². The molecule has 0 bridgehead atoms. The van der Waals surface area contributed by atoms with Crippen molar-refractivity contribution in [2.75, 3.05) is 0 Å². The minimum atomic E-state index is -0.503. The summed E-state index contributed by atoms with van der Waals surface area (Å²) in [7, 11) is 0. The van der Waals surface area contributed by atoms with Crippen molar-refractivity contribution in [2.45, 2.75) is 13.2 Å². The van der Waals surface area contributed by atoms with E-state index in [0.29, 0.717) is 5.56 Å². The molecular formula is C14H14N2O4. The minimum Gasteiger partial charge on any atom is -0.508 e. The second-order valence-corrected chi connectivity index (χ2v) is 4.22. The number of rotatable bonds is 5. The van der Waals surface area contributed by atoms with Gasteiger partial charge in [-0.15, -0.1) is 0 Å². The monoisotopic (exact) mass is 274 g/mol. The molecule has 0 saturated heterocycles. The van der Waals surface area contributed by atoms with Gasteiger partial charge in [0.15, 0.2) is 5.75 Å². The van der Waals surface area contributed by atoms with Crippen LogP contribution in [0, 0.1) is 10.1 Å². The van der Waals surface area contributed by atoms with Crippen molar-refractivity contribution in [3.8, 4) is 11.5 Å². The lowest BCUT2D eigenvalue weighted by Crippen LogP contribution is -2.02. The number of nitrogens with two attached hydrogens (primary N) is 1. The van der Waals surface area contributed by atoms with E-state index in [1.165, 1.54) is 12.1 Å². The highest BCUT2D eigenvalue weighted by atomic mass is 16.6. The summed E-state index contributed by atoms with van der Waals surface area (Å²) in [5.74, 6) is 0.301. The average molecular weight is 274 g/mol. The number of benzene rings is 2. The fourth-order valence-electron chi connectivity index (χ4n) is 1.76.